The van der Waals surface area contributed by atoms with Crippen molar-refractivity contribution in [1.29, 1.82) is 0 Å². The fourth-order valence-electron chi connectivity index (χ4n) is 3.84. The third kappa shape index (κ3) is 4.26. The Kier molecular flexibility index (Phi) is 5.51. The Morgan fingerprint density at radius 1 is 1.28 bits per heavy atom. The molecule has 1 fully saturated rings. The summed E-state index contributed by atoms with van der Waals surface area (Å²) in [5, 5.41) is 14.2. The van der Waals surface area contributed by atoms with Gasteiger partial charge in [0.25, 0.3) is 5.91 Å². The van der Waals surface area contributed by atoms with Crippen molar-refractivity contribution in [3.8, 4) is 5.75 Å². The van der Waals surface area contributed by atoms with Crippen LogP contribution in [-0.2, 0) is 17.9 Å². The number of amides is 1. The first-order valence-electron chi connectivity index (χ1n) is 9.85. The van der Waals surface area contributed by atoms with Crippen LogP contribution in [0.5, 0.6) is 5.75 Å². The molecule has 0 radical (unpaired) electrons. The van der Waals surface area contributed by atoms with E-state index in [0.717, 1.165) is 29.1 Å². The molecule has 1 unspecified atom stereocenters. The molecule has 2 N–H and O–H groups in total. The molecule has 0 saturated carbocycles. The number of hydrogen-bond donors (Lipinski definition) is 2. The van der Waals surface area contributed by atoms with Gasteiger partial charge in [0.2, 0.25) is 0 Å². The number of carbonyl (C=O) groups excluding carboxylic acids is 1. The number of hydrogen-bond acceptors (Lipinski definition) is 5. The number of imidazole rings is 1. The molecule has 1 aliphatic rings. The van der Waals surface area contributed by atoms with Crippen LogP contribution in [0.2, 0.25) is 0 Å². The lowest BCUT2D eigenvalue weighted by Gasteiger charge is -2.38. The maximum Gasteiger partial charge on any atom is 0.256 e. The standard InChI is InChI=1S/C22H26N4O3/c1-29-19-7-4-6-17(12-19)14-26-11-5-9-22(28,21(26)27)16-23-13-18-15-25-10-3-2-8-20(25)24-18/h2-4,6-8,10,12,15,23,28H,5,9,11,13-14,16H2,1H3. The van der Waals surface area contributed by atoms with Crippen LogP contribution in [0.4, 0.5) is 0 Å². The summed E-state index contributed by atoms with van der Waals surface area (Å²) < 4.78 is 7.21. The fraction of sp³-hybridized carbons (Fsp3) is 0.364. The molecule has 1 amide bonds. The van der Waals surface area contributed by atoms with Gasteiger partial charge in [-0.2, -0.15) is 0 Å². The van der Waals surface area contributed by atoms with E-state index in [1.54, 1.807) is 12.0 Å². The van der Waals surface area contributed by atoms with Crippen molar-refractivity contribution in [2.45, 2.75) is 31.5 Å². The van der Waals surface area contributed by atoms with E-state index in [4.69, 9.17) is 4.74 Å². The number of rotatable bonds is 7. The molecule has 0 aliphatic carbocycles. The average molecular weight is 394 g/mol. The van der Waals surface area contributed by atoms with Crippen LogP contribution in [-0.4, -0.2) is 51.1 Å². The zero-order chi connectivity index (χ0) is 20.3. The van der Waals surface area contributed by atoms with Crippen molar-refractivity contribution in [1.82, 2.24) is 19.6 Å². The second-order valence-corrected chi connectivity index (χ2v) is 7.52. The van der Waals surface area contributed by atoms with Gasteiger partial charge in [0, 0.05) is 38.6 Å². The highest BCUT2D eigenvalue weighted by Crippen LogP contribution is 2.25. The minimum atomic E-state index is -1.39. The molecule has 3 heterocycles. The highest BCUT2D eigenvalue weighted by atomic mass is 16.5. The molecule has 7 heteroatoms. The summed E-state index contributed by atoms with van der Waals surface area (Å²) in [6, 6.07) is 13.5. The SMILES string of the molecule is COc1cccc(CN2CCCC(O)(CNCc3cn4ccccc4n3)C2=O)c1. The zero-order valence-corrected chi connectivity index (χ0v) is 16.5. The summed E-state index contributed by atoms with van der Waals surface area (Å²) in [4.78, 5) is 19.2. The number of nitrogens with zero attached hydrogens (tertiary/aromatic N) is 3. The van der Waals surface area contributed by atoms with Gasteiger partial charge in [0.1, 0.15) is 11.4 Å². The number of aliphatic hydroxyl groups is 1. The van der Waals surface area contributed by atoms with Crippen LogP contribution >= 0.6 is 0 Å². The molecule has 152 valence electrons. The van der Waals surface area contributed by atoms with Gasteiger partial charge in [-0.15, -0.1) is 0 Å². The topological polar surface area (TPSA) is 79.1 Å². The summed E-state index contributed by atoms with van der Waals surface area (Å²) in [6.45, 7) is 1.80. The molecule has 4 rings (SSSR count). The fourth-order valence-corrected chi connectivity index (χ4v) is 3.84. The van der Waals surface area contributed by atoms with Gasteiger partial charge in [-0.1, -0.05) is 18.2 Å². The number of ether oxygens (including phenoxy) is 1. The Morgan fingerprint density at radius 2 is 2.17 bits per heavy atom. The Hall–Kier alpha value is -2.90. The monoisotopic (exact) mass is 394 g/mol. The highest BCUT2D eigenvalue weighted by molar-refractivity contribution is 5.86. The highest BCUT2D eigenvalue weighted by Gasteiger charge is 2.41. The van der Waals surface area contributed by atoms with E-state index in [1.165, 1.54) is 0 Å². The van der Waals surface area contributed by atoms with E-state index < -0.39 is 5.60 Å². The second-order valence-electron chi connectivity index (χ2n) is 7.52. The van der Waals surface area contributed by atoms with Gasteiger partial charge >= 0.3 is 0 Å². The van der Waals surface area contributed by atoms with Crippen molar-refractivity contribution in [2.75, 3.05) is 20.2 Å². The summed E-state index contributed by atoms with van der Waals surface area (Å²) >= 11 is 0. The number of likely N-dealkylation sites (tertiary alicyclic amines) is 1. The van der Waals surface area contributed by atoms with Crippen LogP contribution < -0.4 is 10.1 Å². The first-order chi connectivity index (χ1) is 14.1. The second kappa shape index (κ2) is 8.23. The smallest absolute Gasteiger partial charge is 0.256 e. The first-order valence-corrected chi connectivity index (χ1v) is 9.85. The molecule has 29 heavy (non-hydrogen) atoms. The Balaban J connectivity index is 1.37. The summed E-state index contributed by atoms with van der Waals surface area (Å²) in [5.41, 5.74) is 1.34. The van der Waals surface area contributed by atoms with Gasteiger partial charge in [-0.25, -0.2) is 4.98 Å². The van der Waals surface area contributed by atoms with Crippen molar-refractivity contribution in [3.63, 3.8) is 0 Å². The number of piperidine rings is 1. The minimum absolute atomic E-state index is 0.203. The van der Waals surface area contributed by atoms with Gasteiger partial charge in [-0.05, 0) is 42.7 Å². The summed E-state index contributed by atoms with van der Waals surface area (Å²) in [5.74, 6) is 0.533. The number of aromatic nitrogens is 2. The molecule has 2 aromatic heterocycles. The quantitative estimate of drug-likeness (QED) is 0.641. The number of fused-ring (bicyclic) bond motifs is 1. The molecular formula is C22H26N4O3. The molecule has 1 atom stereocenters. The lowest BCUT2D eigenvalue weighted by atomic mass is 9.91. The number of carbonyl (C=O) groups is 1. The van der Waals surface area contributed by atoms with Crippen molar-refractivity contribution < 1.29 is 14.6 Å². The van der Waals surface area contributed by atoms with Crippen LogP contribution in [0.3, 0.4) is 0 Å². The Bertz CT molecular complexity index is 969. The Morgan fingerprint density at radius 3 is 3.00 bits per heavy atom. The van der Waals surface area contributed by atoms with Gasteiger partial charge in [0.15, 0.2) is 5.60 Å². The van der Waals surface area contributed by atoms with Crippen LogP contribution in [0.25, 0.3) is 5.65 Å². The summed E-state index contributed by atoms with van der Waals surface area (Å²) in [7, 11) is 1.62. The number of pyridine rings is 1. The molecule has 1 saturated heterocycles. The lowest BCUT2D eigenvalue weighted by Crippen LogP contribution is -2.57. The largest absolute Gasteiger partial charge is 0.497 e. The van der Waals surface area contributed by atoms with E-state index in [1.807, 2.05) is 59.3 Å². The normalized spacial score (nSPS) is 19.7. The third-order valence-electron chi connectivity index (χ3n) is 5.35. The van der Waals surface area contributed by atoms with E-state index in [-0.39, 0.29) is 12.5 Å². The maximum atomic E-state index is 13.0. The molecule has 1 aliphatic heterocycles. The molecule has 0 bridgehead atoms. The molecule has 0 spiro atoms. The van der Waals surface area contributed by atoms with Crippen molar-refractivity contribution in [3.05, 3.63) is 66.1 Å². The van der Waals surface area contributed by atoms with Crippen molar-refractivity contribution in [2.24, 2.45) is 0 Å². The van der Waals surface area contributed by atoms with E-state index in [0.29, 0.717) is 26.1 Å². The van der Waals surface area contributed by atoms with E-state index >= 15 is 0 Å². The predicted molar refractivity (Wildman–Crippen MR) is 109 cm³/mol. The van der Waals surface area contributed by atoms with Crippen LogP contribution in [0, 0.1) is 0 Å². The van der Waals surface area contributed by atoms with Crippen molar-refractivity contribution >= 4 is 11.6 Å². The zero-order valence-electron chi connectivity index (χ0n) is 16.5. The minimum Gasteiger partial charge on any atom is -0.497 e. The van der Waals surface area contributed by atoms with E-state index in [2.05, 4.69) is 10.3 Å². The molecule has 7 nitrogen and oxygen atoms in total. The van der Waals surface area contributed by atoms with Gasteiger partial charge < -0.3 is 24.5 Å². The maximum absolute atomic E-state index is 13.0. The number of nitrogens with one attached hydrogen (secondary N) is 1. The lowest BCUT2D eigenvalue weighted by molar-refractivity contribution is -0.157. The average Bonchev–Trinajstić information content (AvgIpc) is 3.14. The van der Waals surface area contributed by atoms with Gasteiger partial charge in [-0.3, -0.25) is 4.79 Å². The third-order valence-corrected chi connectivity index (χ3v) is 5.35. The molecular weight excluding hydrogens is 368 g/mol. The predicted octanol–water partition coefficient (Wildman–Crippen LogP) is 1.99. The number of methoxy groups -OCH3 is 1. The first kappa shape index (κ1) is 19.4. The van der Waals surface area contributed by atoms with Crippen LogP contribution in [0.15, 0.2) is 54.9 Å². The number of benzene rings is 1. The van der Waals surface area contributed by atoms with Gasteiger partial charge in [0.05, 0.1) is 12.8 Å². The molecule has 3 aromatic rings. The Labute approximate surface area is 169 Å². The summed E-state index contributed by atoms with van der Waals surface area (Å²) in [6.07, 6.45) is 5.12. The van der Waals surface area contributed by atoms with E-state index in [9.17, 15) is 9.90 Å². The molecule has 1 aromatic carbocycles. The van der Waals surface area contributed by atoms with Crippen LogP contribution in [0.1, 0.15) is 24.1 Å².